The molecule has 1 saturated heterocycles. The van der Waals surface area contributed by atoms with Gasteiger partial charge in [-0.25, -0.2) is 17.6 Å². The van der Waals surface area contributed by atoms with Crippen LogP contribution in [0.3, 0.4) is 0 Å². The third-order valence-corrected chi connectivity index (χ3v) is 6.99. The van der Waals surface area contributed by atoms with Crippen LogP contribution >= 0.6 is 0 Å². The van der Waals surface area contributed by atoms with Gasteiger partial charge in [-0.2, -0.15) is 0 Å². The highest BCUT2D eigenvalue weighted by atomic mass is 32.2. The van der Waals surface area contributed by atoms with Crippen LogP contribution in [-0.4, -0.2) is 43.7 Å². The summed E-state index contributed by atoms with van der Waals surface area (Å²) in [4.78, 5) is 11.8. The first kappa shape index (κ1) is 21.7. The fourth-order valence-electron chi connectivity index (χ4n) is 3.77. The van der Waals surface area contributed by atoms with Crippen LogP contribution in [0.2, 0.25) is 0 Å². The molecule has 0 amide bonds. The summed E-state index contributed by atoms with van der Waals surface area (Å²) >= 11 is 0. The molecule has 0 saturated carbocycles. The molecule has 1 aliphatic heterocycles. The molecule has 1 heterocycles. The number of unbranched alkanes of at least 4 members (excludes halogenated alkanes) is 2. The number of hydrogen-bond acceptors (Lipinski definition) is 5. The number of carbonyl (C=O) groups is 1. The summed E-state index contributed by atoms with van der Waals surface area (Å²) in [5.41, 5.74) is 0.554. The normalized spacial score (nSPS) is 21.2. The summed E-state index contributed by atoms with van der Waals surface area (Å²) in [5, 5.41) is 8.34. The number of sulfonamides is 1. The lowest BCUT2D eigenvalue weighted by Crippen LogP contribution is -2.42. The Balaban J connectivity index is 1.86. The van der Waals surface area contributed by atoms with Crippen molar-refractivity contribution in [1.82, 2.24) is 0 Å². The maximum atomic E-state index is 13.7. The fraction of sp³-hybridized carbons (Fsp3) is 0.550. The number of nitrogens with one attached hydrogen (secondary N) is 1. The topological polar surface area (TPSA) is 102 Å². The summed E-state index contributed by atoms with van der Waals surface area (Å²) in [6.45, 7) is 2.70. The van der Waals surface area contributed by atoms with Gasteiger partial charge in [0.25, 0.3) is 0 Å². The molecule has 0 radical (unpaired) electrons. The highest BCUT2D eigenvalue weighted by Crippen LogP contribution is 2.37. The van der Waals surface area contributed by atoms with Gasteiger partial charge in [0.2, 0.25) is 10.0 Å². The second kappa shape index (κ2) is 8.81. The zero-order valence-electron chi connectivity index (χ0n) is 16.3. The monoisotopic (exact) mass is 427 g/mol. The van der Waals surface area contributed by atoms with Crippen molar-refractivity contribution in [3.05, 3.63) is 41.2 Å². The van der Waals surface area contributed by atoms with E-state index in [1.165, 1.54) is 24.3 Å². The van der Waals surface area contributed by atoms with Crippen molar-refractivity contribution in [3.63, 3.8) is 0 Å². The van der Waals surface area contributed by atoms with Gasteiger partial charge in [0.15, 0.2) is 5.79 Å². The van der Waals surface area contributed by atoms with Crippen molar-refractivity contribution in [2.75, 3.05) is 17.9 Å². The minimum Gasteiger partial charge on any atom is -0.478 e. The molecule has 1 unspecified atom stereocenters. The molecular weight excluding hydrogens is 401 g/mol. The van der Waals surface area contributed by atoms with Gasteiger partial charge in [-0.3, -0.25) is 4.72 Å². The lowest BCUT2D eigenvalue weighted by molar-refractivity contribution is -0.138. The third-order valence-electron chi connectivity index (χ3n) is 5.24. The van der Waals surface area contributed by atoms with E-state index in [4.69, 9.17) is 9.47 Å². The summed E-state index contributed by atoms with van der Waals surface area (Å²) < 4.78 is 53.3. The molecule has 160 valence electrons. The number of rotatable bonds is 8. The molecule has 0 aromatic heterocycles. The Morgan fingerprint density at radius 3 is 2.69 bits per heavy atom. The van der Waals surface area contributed by atoms with Crippen molar-refractivity contribution < 1.29 is 32.2 Å². The maximum Gasteiger partial charge on any atom is 0.332 e. The van der Waals surface area contributed by atoms with Gasteiger partial charge in [-0.05, 0) is 49.1 Å². The smallest absolute Gasteiger partial charge is 0.332 e. The Hall–Kier alpha value is -1.97. The molecule has 1 fully saturated rings. The number of aryl methyl sites for hydroxylation is 1. The molecule has 3 rings (SSSR count). The second-order valence-corrected chi connectivity index (χ2v) is 9.21. The number of carboxylic acids is 1. The molecule has 1 atom stereocenters. The number of halogens is 1. The summed E-state index contributed by atoms with van der Waals surface area (Å²) in [6.07, 6.45) is 4.80. The van der Waals surface area contributed by atoms with Crippen LogP contribution in [0.15, 0.2) is 29.8 Å². The lowest BCUT2D eigenvalue weighted by atomic mass is 9.94. The molecule has 29 heavy (non-hydrogen) atoms. The van der Waals surface area contributed by atoms with E-state index in [2.05, 4.69) is 4.72 Å². The molecule has 2 aliphatic rings. The zero-order chi connectivity index (χ0) is 21.1. The standard InChI is InChI=1S/C20H26FNO6S/c1-2-3-4-5-14-12-15(21)6-7-17(14)22-29(25,26)18-8-9-20(27-10-11-28-20)13-16(18)19(23)24/h6-7,12-13,18,22H,2-5,8-11H2,1H3,(H,23,24). The van der Waals surface area contributed by atoms with E-state index in [9.17, 15) is 22.7 Å². The van der Waals surface area contributed by atoms with Gasteiger partial charge < -0.3 is 14.6 Å². The zero-order valence-corrected chi connectivity index (χ0v) is 17.1. The minimum absolute atomic E-state index is 0.0415. The molecule has 1 aromatic rings. The Morgan fingerprint density at radius 1 is 1.31 bits per heavy atom. The molecule has 0 bridgehead atoms. The van der Waals surface area contributed by atoms with Gasteiger partial charge in [0.05, 0.1) is 24.5 Å². The number of hydrogen-bond donors (Lipinski definition) is 2. The quantitative estimate of drug-likeness (QED) is 0.618. The molecule has 1 aromatic carbocycles. The molecule has 1 spiro atoms. The average Bonchev–Trinajstić information content (AvgIpc) is 3.11. The van der Waals surface area contributed by atoms with Crippen molar-refractivity contribution in [2.24, 2.45) is 0 Å². The maximum absolute atomic E-state index is 13.7. The highest BCUT2D eigenvalue weighted by Gasteiger charge is 2.45. The highest BCUT2D eigenvalue weighted by molar-refractivity contribution is 7.93. The van der Waals surface area contributed by atoms with E-state index in [0.717, 1.165) is 19.3 Å². The van der Waals surface area contributed by atoms with E-state index in [1.54, 1.807) is 0 Å². The van der Waals surface area contributed by atoms with Crippen molar-refractivity contribution >= 4 is 21.7 Å². The molecule has 9 heteroatoms. The fourth-order valence-corrected chi connectivity index (χ4v) is 5.35. The third kappa shape index (κ3) is 4.96. The van der Waals surface area contributed by atoms with E-state index in [-0.39, 0.29) is 24.1 Å². The van der Waals surface area contributed by atoms with Gasteiger partial charge in [0, 0.05) is 6.42 Å². The van der Waals surface area contributed by atoms with Gasteiger partial charge >= 0.3 is 5.97 Å². The summed E-state index contributed by atoms with van der Waals surface area (Å²) in [7, 11) is -4.08. The number of aliphatic carboxylic acids is 1. The van der Waals surface area contributed by atoms with E-state index in [1.807, 2.05) is 6.92 Å². The second-order valence-electron chi connectivity index (χ2n) is 7.35. The number of anilines is 1. The van der Waals surface area contributed by atoms with Crippen molar-refractivity contribution in [1.29, 1.82) is 0 Å². The molecule has 1 aliphatic carbocycles. The van der Waals surface area contributed by atoms with Crippen molar-refractivity contribution in [2.45, 2.75) is 56.5 Å². The molecule has 7 nitrogen and oxygen atoms in total. The number of carboxylic acid groups (broad SMARTS) is 1. The average molecular weight is 427 g/mol. The Labute approximate surface area is 169 Å². The predicted molar refractivity (Wildman–Crippen MR) is 106 cm³/mol. The molecular formula is C20H26FNO6S. The Morgan fingerprint density at radius 2 is 2.03 bits per heavy atom. The predicted octanol–water partition coefficient (Wildman–Crippen LogP) is 3.22. The van der Waals surface area contributed by atoms with E-state index in [0.29, 0.717) is 25.2 Å². The van der Waals surface area contributed by atoms with Crippen molar-refractivity contribution in [3.8, 4) is 0 Å². The van der Waals surface area contributed by atoms with Crippen LogP contribution in [0, 0.1) is 5.82 Å². The summed E-state index contributed by atoms with van der Waals surface area (Å²) in [6, 6.07) is 3.88. The van der Waals surface area contributed by atoms with Crippen LogP contribution in [0.25, 0.3) is 0 Å². The minimum atomic E-state index is -4.08. The van der Waals surface area contributed by atoms with Crippen LogP contribution in [-0.2, 0) is 30.7 Å². The van der Waals surface area contributed by atoms with Crippen LogP contribution < -0.4 is 4.72 Å². The Bertz CT molecular complexity index is 892. The van der Waals surface area contributed by atoms with Crippen LogP contribution in [0.5, 0.6) is 0 Å². The first-order chi connectivity index (χ1) is 13.8. The lowest BCUT2D eigenvalue weighted by Gasteiger charge is -2.32. The van der Waals surface area contributed by atoms with E-state index >= 15 is 0 Å². The van der Waals surface area contributed by atoms with Gasteiger partial charge in [0.1, 0.15) is 11.1 Å². The van der Waals surface area contributed by atoms with Crippen LogP contribution in [0.4, 0.5) is 10.1 Å². The first-order valence-electron chi connectivity index (χ1n) is 9.80. The largest absolute Gasteiger partial charge is 0.478 e. The van der Waals surface area contributed by atoms with Gasteiger partial charge in [-0.15, -0.1) is 0 Å². The SMILES string of the molecule is CCCCCc1cc(F)ccc1NS(=O)(=O)C1CCC2(C=C1C(=O)O)OCCO2. The number of benzene rings is 1. The Kier molecular flexibility index (Phi) is 6.60. The number of ether oxygens (including phenoxy) is 2. The molecule has 2 N–H and O–H groups in total. The van der Waals surface area contributed by atoms with Crippen LogP contribution in [0.1, 0.15) is 44.6 Å². The summed E-state index contributed by atoms with van der Waals surface area (Å²) in [5.74, 6) is -2.94. The first-order valence-corrected chi connectivity index (χ1v) is 11.3. The van der Waals surface area contributed by atoms with E-state index < -0.39 is 32.8 Å². The van der Waals surface area contributed by atoms with Gasteiger partial charge in [-0.1, -0.05) is 19.8 Å².